The third-order valence-corrected chi connectivity index (χ3v) is 4.14. The Morgan fingerprint density at radius 3 is 2.86 bits per heavy atom. The summed E-state index contributed by atoms with van der Waals surface area (Å²) in [5.74, 6) is 0. The summed E-state index contributed by atoms with van der Waals surface area (Å²) in [5.41, 5.74) is 3.42. The molecule has 4 nitrogen and oxygen atoms in total. The van der Waals surface area contributed by atoms with Crippen molar-refractivity contribution >= 4 is 23.0 Å². The molecule has 0 saturated carbocycles. The first-order chi connectivity index (χ1) is 10.8. The Balaban J connectivity index is 1.96. The van der Waals surface area contributed by atoms with Gasteiger partial charge in [-0.05, 0) is 19.1 Å². The zero-order valence-electron chi connectivity index (χ0n) is 12.1. The molecule has 0 atom stereocenters. The van der Waals surface area contributed by atoms with Crippen LogP contribution >= 0.6 is 11.3 Å². The molecule has 0 bridgehead atoms. The second kappa shape index (κ2) is 6.37. The van der Waals surface area contributed by atoms with Crippen LogP contribution in [0.1, 0.15) is 17.6 Å². The van der Waals surface area contributed by atoms with Gasteiger partial charge in [-0.25, -0.2) is 4.98 Å². The molecule has 2 heterocycles. The smallest absolute Gasteiger partial charge is 0.134 e. The van der Waals surface area contributed by atoms with Gasteiger partial charge in [0.15, 0.2) is 0 Å². The van der Waals surface area contributed by atoms with E-state index in [0.29, 0.717) is 5.57 Å². The van der Waals surface area contributed by atoms with Crippen molar-refractivity contribution in [3.05, 3.63) is 58.7 Å². The summed E-state index contributed by atoms with van der Waals surface area (Å²) in [6.45, 7) is 2.79. The second-order valence-corrected chi connectivity index (χ2v) is 5.50. The van der Waals surface area contributed by atoms with Crippen LogP contribution in [-0.4, -0.2) is 14.8 Å². The first-order valence-electron chi connectivity index (χ1n) is 6.96. The Kier molecular flexibility index (Phi) is 4.12. The van der Waals surface area contributed by atoms with Crippen LogP contribution < -0.4 is 0 Å². The van der Waals surface area contributed by atoms with E-state index in [4.69, 9.17) is 0 Å². The lowest BCUT2D eigenvalue weighted by molar-refractivity contribution is 0.654. The van der Waals surface area contributed by atoms with E-state index in [9.17, 15) is 5.26 Å². The molecule has 2 aromatic heterocycles. The van der Waals surface area contributed by atoms with Crippen LogP contribution in [0.2, 0.25) is 0 Å². The molecule has 0 radical (unpaired) electrons. The normalized spacial score (nSPS) is 11.4. The van der Waals surface area contributed by atoms with E-state index < -0.39 is 0 Å². The number of rotatable bonds is 4. The van der Waals surface area contributed by atoms with E-state index >= 15 is 0 Å². The molecule has 0 unspecified atom stereocenters. The van der Waals surface area contributed by atoms with Gasteiger partial charge in [0.05, 0.1) is 17.0 Å². The highest BCUT2D eigenvalue weighted by molar-refractivity contribution is 7.11. The molecule has 5 heteroatoms. The third kappa shape index (κ3) is 2.83. The minimum absolute atomic E-state index is 0.558. The van der Waals surface area contributed by atoms with Crippen molar-refractivity contribution in [2.45, 2.75) is 13.5 Å². The first kappa shape index (κ1) is 14.2. The molecule has 0 saturated heterocycles. The maximum Gasteiger partial charge on any atom is 0.134 e. The fourth-order valence-corrected chi connectivity index (χ4v) is 2.95. The standard InChI is InChI=1S/C17H14N4S/c1-2-21-15(8-9-19-21)10-14(11-18)17-20-16(12-22-17)13-6-4-3-5-7-13/h3-10,12H,2H2,1H3/b14-10+. The number of hydrogen-bond acceptors (Lipinski definition) is 4. The van der Waals surface area contributed by atoms with Crippen LogP contribution in [0.4, 0.5) is 0 Å². The van der Waals surface area contributed by atoms with Crippen LogP contribution in [-0.2, 0) is 6.54 Å². The number of nitrogens with zero attached hydrogens (tertiary/aromatic N) is 4. The highest BCUT2D eigenvalue weighted by Gasteiger charge is 2.10. The minimum Gasteiger partial charge on any atom is -0.266 e. The zero-order valence-corrected chi connectivity index (χ0v) is 12.9. The Morgan fingerprint density at radius 1 is 1.32 bits per heavy atom. The molecule has 0 amide bonds. The number of benzene rings is 1. The molecule has 108 valence electrons. The quantitative estimate of drug-likeness (QED) is 0.682. The summed E-state index contributed by atoms with van der Waals surface area (Å²) in [5, 5.41) is 16.4. The van der Waals surface area contributed by atoms with E-state index in [-0.39, 0.29) is 0 Å². The van der Waals surface area contributed by atoms with E-state index in [0.717, 1.165) is 28.5 Å². The fourth-order valence-electron chi connectivity index (χ4n) is 2.16. The summed E-state index contributed by atoms with van der Waals surface area (Å²) in [6.07, 6.45) is 3.58. The number of hydrogen-bond donors (Lipinski definition) is 0. The summed E-state index contributed by atoms with van der Waals surface area (Å²) >= 11 is 1.48. The molecule has 0 spiro atoms. The number of allylic oxidation sites excluding steroid dienone is 1. The molecule has 22 heavy (non-hydrogen) atoms. The molecule has 0 N–H and O–H groups in total. The zero-order chi connectivity index (χ0) is 15.4. The minimum atomic E-state index is 0.558. The molecule has 3 rings (SSSR count). The lowest BCUT2D eigenvalue weighted by Gasteiger charge is -2.00. The van der Waals surface area contributed by atoms with Gasteiger partial charge in [0.1, 0.15) is 11.1 Å². The van der Waals surface area contributed by atoms with Crippen LogP contribution in [0.15, 0.2) is 48.0 Å². The first-order valence-corrected chi connectivity index (χ1v) is 7.84. The van der Waals surface area contributed by atoms with Gasteiger partial charge in [-0.2, -0.15) is 10.4 Å². The van der Waals surface area contributed by atoms with Gasteiger partial charge in [-0.15, -0.1) is 11.3 Å². The molecule has 0 aliphatic carbocycles. The monoisotopic (exact) mass is 306 g/mol. The Bertz CT molecular complexity index is 837. The number of thiazole rings is 1. The van der Waals surface area contributed by atoms with Crippen molar-refractivity contribution in [1.29, 1.82) is 5.26 Å². The van der Waals surface area contributed by atoms with Gasteiger partial charge in [0, 0.05) is 23.7 Å². The Labute approximate surface area is 133 Å². The lowest BCUT2D eigenvalue weighted by atomic mass is 10.2. The third-order valence-electron chi connectivity index (χ3n) is 3.27. The maximum absolute atomic E-state index is 9.44. The molecular weight excluding hydrogens is 292 g/mol. The second-order valence-electron chi connectivity index (χ2n) is 4.65. The predicted octanol–water partition coefficient (Wildman–Crippen LogP) is 4.09. The Hall–Kier alpha value is -2.71. The number of aryl methyl sites for hydroxylation is 1. The average Bonchev–Trinajstić information content (AvgIpc) is 3.22. The molecule has 3 aromatic rings. The molecule has 0 fully saturated rings. The van der Waals surface area contributed by atoms with Crippen molar-refractivity contribution in [2.75, 3.05) is 0 Å². The average molecular weight is 306 g/mol. The van der Waals surface area contributed by atoms with Gasteiger partial charge < -0.3 is 0 Å². The van der Waals surface area contributed by atoms with Gasteiger partial charge in [-0.3, -0.25) is 4.68 Å². The summed E-state index contributed by atoms with van der Waals surface area (Å²) in [4.78, 5) is 4.59. The SMILES string of the molecule is CCn1nccc1/C=C(\C#N)c1nc(-c2ccccc2)cs1. The Morgan fingerprint density at radius 2 is 2.14 bits per heavy atom. The fraction of sp³-hybridized carbons (Fsp3) is 0.118. The van der Waals surface area contributed by atoms with Crippen molar-refractivity contribution in [3.8, 4) is 17.3 Å². The highest BCUT2D eigenvalue weighted by atomic mass is 32.1. The van der Waals surface area contributed by atoms with Crippen LogP contribution in [0.3, 0.4) is 0 Å². The van der Waals surface area contributed by atoms with Gasteiger partial charge >= 0.3 is 0 Å². The molecule has 0 aliphatic heterocycles. The van der Waals surface area contributed by atoms with E-state index in [2.05, 4.69) is 16.2 Å². The molecule has 1 aromatic carbocycles. The topological polar surface area (TPSA) is 54.5 Å². The number of aromatic nitrogens is 3. The molecule has 0 aliphatic rings. The van der Waals surface area contributed by atoms with Crippen molar-refractivity contribution in [1.82, 2.24) is 14.8 Å². The maximum atomic E-state index is 9.44. The van der Waals surface area contributed by atoms with E-state index in [1.54, 1.807) is 6.20 Å². The van der Waals surface area contributed by atoms with Crippen LogP contribution in [0.5, 0.6) is 0 Å². The largest absolute Gasteiger partial charge is 0.266 e. The summed E-state index contributed by atoms with van der Waals surface area (Å²) < 4.78 is 1.85. The van der Waals surface area contributed by atoms with Crippen LogP contribution in [0.25, 0.3) is 22.9 Å². The van der Waals surface area contributed by atoms with Crippen molar-refractivity contribution in [2.24, 2.45) is 0 Å². The lowest BCUT2D eigenvalue weighted by Crippen LogP contribution is -1.98. The number of nitriles is 1. The van der Waals surface area contributed by atoms with Crippen molar-refractivity contribution < 1.29 is 0 Å². The predicted molar refractivity (Wildman–Crippen MR) is 88.9 cm³/mol. The van der Waals surface area contributed by atoms with E-state index in [1.807, 2.05) is 59.5 Å². The van der Waals surface area contributed by atoms with E-state index in [1.165, 1.54) is 11.3 Å². The molecular formula is C17H14N4S. The van der Waals surface area contributed by atoms with Crippen LogP contribution in [0, 0.1) is 11.3 Å². The van der Waals surface area contributed by atoms with Gasteiger partial charge in [0.2, 0.25) is 0 Å². The summed E-state index contributed by atoms with van der Waals surface area (Å²) in [7, 11) is 0. The highest BCUT2D eigenvalue weighted by Crippen LogP contribution is 2.26. The van der Waals surface area contributed by atoms with Gasteiger partial charge in [0.25, 0.3) is 0 Å². The summed E-state index contributed by atoms with van der Waals surface area (Å²) in [6, 6.07) is 14.1. The van der Waals surface area contributed by atoms with Gasteiger partial charge in [-0.1, -0.05) is 30.3 Å². The van der Waals surface area contributed by atoms with Crippen molar-refractivity contribution in [3.63, 3.8) is 0 Å².